The molecule has 0 spiro atoms. The van der Waals surface area contributed by atoms with Crippen LogP contribution in [0.15, 0.2) is 36.4 Å². The Hall–Kier alpha value is -0.943. The van der Waals surface area contributed by atoms with E-state index in [1.54, 1.807) is 14.2 Å². The molecular formula is C12H18O3Si. The first-order chi connectivity index (χ1) is 7.86. The molecule has 3 nitrogen and oxygen atoms in total. The molecule has 0 atom stereocenters. The summed E-state index contributed by atoms with van der Waals surface area (Å²) in [6.45, 7) is 0.615. The van der Waals surface area contributed by atoms with Crippen LogP contribution in [0, 0.1) is 0 Å². The second-order valence-corrected chi connectivity index (χ2v) is 4.66. The van der Waals surface area contributed by atoms with Gasteiger partial charge in [-0.15, -0.1) is 0 Å². The van der Waals surface area contributed by atoms with Crippen molar-refractivity contribution in [3.8, 4) is 0 Å². The summed E-state index contributed by atoms with van der Waals surface area (Å²) in [7, 11) is 2.49. The molecule has 0 N–H and O–H groups in total. The third-order valence-electron chi connectivity index (χ3n) is 2.10. The minimum absolute atomic E-state index is 0.148. The monoisotopic (exact) mass is 238 g/mol. The fourth-order valence-electron chi connectivity index (χ4n) is 1.21. The van der Waals surface area contributed by atoms with Gasteiger partial charge in [-0.05, 0) is 5.56 Å². The quantitative estimate of drug-likeness (QED) is 0.408. The van der Waals surface area contributed by atoms with Crippen LogP contribution in [-0.2, 0) is 13.9 Å². The zero-order valence-electron chi connectivity index (χ0n) is 9.76. The Labute approximate surface area is 99.0 Å². The number of hydrogen-bond acceptors (Lipinski definition) is 3. The van der Waals surface area contributed by atoms with E-state index in [-0.39, 0.29) is 5.91 Å². The lowest BCUT2D eigenvalue weighted by Gasteiger charge is -2.11. The van der Waals surface area contributed by atoms with Crippen LogP contribution in [0.5, 0.6) is 0 Å². The van der Waals surface area contributed by atoms with Gasteiger partial charge in [0.25, 0.3) is 0 Å². The maximum atomic E-state index is 5.50. The Kier molecular flexibility index (Phi) is 6.76. The van der Waals surface area contributed by atoms with Gasteiger partial charge in [-0.1, -0.05) is 42.5 Å². The smallest absolute Gasteiger partial charge is 0.224 e. The Morgan fingerprint density at radius 2 is 1.88 bits per heavy atom. The summed E-state index contributed by atoms with van der Waals surface area (Å²) < 4.78 is 15.6. The van der Waals surface area contributed by atoms with Gasteiger partial charge in [-0.3, -0.25) is 0 Å². The zero-order chi connectivity index (χ0) is 11.6. The Morgan fingerprint density at radius 1 is 1.19 bits per heavy atom. The van der Waals surface area contributed by atoms with Gasteiger partial charge in [-0.25, -0.2) is 0 Å². The van der Waals surface area contributed by atoms with Crippen molar-refractivity contribution in [2.45, 2.75) is 5.91 Å². The van der Waals surface area contributed by atoms with Crippen LogP contribution in [0.4, 0.5) is 0 Å². The fourth-order valence-corrected chi connectivity index (χ4v) is 1.95. The van der Waals surface area contributed by atoms with Crippen molar-refractivity contribution < 1.29 is 13.9 Å². The molecule has 0 radical (unpaired) electrons. The van der Waals surface area contributed by atoms with Gasteiger partial charge in [0.05, 0.1) is 6.61 Å². The highest BCUT2D eigenvalue weighted by Crippen LogP contribution is 2.00. The van der Waals surface area contributed by atoms with Gasteiger partial charge < -0.3 is 13.9 Å². The van der Waals surface area contributed by atoms with E-state index in [2.05, 4.69) is 12.1 Å². The first kappa shape index (κ1) is 13.1. The number of hydrogen-bond donors (Lipinski definition) is 0. The standard InChI is InChI=1S/C12H18O3Si/c1-13-12(14-2)16-15-10-6-9-11-7-4-3-5-8-11/h3-9,12H,10,16H2,1-2H3. The van der Waals surface area contributed by atoms with Gasteiger partial charge in [0.15, 0.2) is 5.91 Å². The molecule has 0 saturated heterocycles. The topological polar surface area (TPSA) is 27.7 Å². The fraction of sp³-hybridized carbons (Fsp3) is 0.333. The summed E-state index contributed by atoms with van der Waals surface area (Å²) in [5, 5.41) is 0. The summed E-state index contributed by atoms with van der Waals surface area (Å²) in [6, 6.07) is 10.1. The number of rotatable bonds is 7. The Balaban J connectivity index is 2.18. The van der Waals surface area contributed by atoms with Gasteiger partial charge in [0.2, 0.25) is 9.76 Å². The minimum Gasteiger partial charge on any atom is -0.415 e. The van der Waals surface area contributed by atoms with Crippen LogP contribution >= 0.6 is 0 Å². The van der Waals surface area contributed by atoms with E-state index in [1.165, 1.54) is 5.56 Å². The third kappa shape index (κ3) is 5.23. The predicted octanol–water partition coefficient (Wildman–Crippen LogP) is 1.38. The van der Waals surface area contributed by atoms with Crippen molar-refractivity contribution in [1.82, 2.24) is 0 Å². The van der Waals surface area contributed by atoms with E-state index in [0.29, 0.717) is 6.61 Å². The lowest BCUT2D eigenvalue weighted by atomic mass is 10.2. The molecule has 0 unspecified atom stereocenters. The molecule has 0 amide bonds. The van der Waals surface area contributed by atoms with E-state index in [4.69, 9.17) is 13.9 Å². The van der Waals surface area contributed by atoms with Crippen LogP contribution in [0.2, 0.25) is 0 Å². The molecule has 0 fully saturated rings. The SMILES string of the molecule is COC(OC)[SiH2]OCC=Cc1ccccc1. The van der Waals surface area contributed by atoms with E-state index in [0.717, 1.165) is 0 Å². The minimum atomic E-state index is -0.771. The molecule has 88 valence electrons. The molecule has 1 aromatic rings. The molecule has 0 aliphatic carbocycles. The van der Waals surface area contributed by atoms with E-state index in [1.807, 2.05) is 30.4 Å². The maximum Gasteiger partial charge on any atom is 0.224 e. The summed E-state index contributed by atoms with van der Waals surface area (Å²) >= 11 is 0. The molecule has 1 aromatic carbocycles. The van der Waals surface area contributed by atoms with Crippen LogP contribution in [-0.4, -0.2) is 36.5 Å². The molecule has 4 heteroatoms. The van der Waals surface area contributed by atoms with Crippen LogP contribution < -0.4 is 0 Å². The summed E-state index contributed by atoms with van der Waals surface area (Å²) in [4.78, 5) is 0. The highest BCUT2D eigenvalue weighted by atomic mass is 28.2. The zero-order valence-corrected chi connectivity index (χ0v) is 11.2. The average Bonchev–Trinajstić information content (AvgIpc) is 2.35. The molecule has 16 heavy (non-hydrogen) atoms. The highest BCUT2D eigenvalue weighted by Gasteiger charge is 2.04. The second kappa shape index (κ2) is 8.24. The molecule has 0 aliphatic heterocycles. The maximum absolute atomic E-state index is 5.50. The van der Waals surface area contributed by atoms with Crippen molar-refractivity contribution in [2.75, 3.05) is 20.8 Å². The van der Waals surface area contributed by atoms with Crippen molar-refractivity contribution >= 4 is 15.8 Å². The average molecular weight is 238 g/mol. The number of benzene rings is 1. The molecule has 1 rings (SSSR count). The van der Waals surface area contributed by atoms with Crippen LogP contribution in [0.1, 0.15) is 5.56 Å². The van der Waals surface area contributed by atoms with E-state index in [9.17, 15) is 0 Å². The van der Waals surface area contributed by atoms with Gasteiger partial charge in [-0.2, -0.15) is 0 Å². The first-order valence-corrected chi connectivity index (χ1v) is 6.61. The molecule has 0 heterocycles. The largest absolute Gasteiger partial charge is 0.415 e. The normalized spacial score (nSPS) is 12.2. The van der Waals surface area contributed by atoms with Crippen molar-refractivity contribution in [3.63, 3.8) is 0 Å². The molecule has 0 bridgehead atoms. The lowest BCUT2D eigenvalue weighted by molar-refractivity contribution is -0.0521. The van der Waals surface area contributed by atoms with E-state index < -0.39 is 9.76 Å². The van der Waals surface area contributed by atoms with Crippen LogP contribution in [0.25, 0.3) is 6.08 Å². The Bertz CT molecular complexity index is 296. The third-order valence-corrected chi connectivity index (χ3v) is 3.51. The van der Waals surface area contributed by atoms with Crippen molar-refractivity contribution in [2.24, 2.45) is 0 Å². The summed E-state index contributed by atoms with van der Waals surface area (Å²) in [5.41, 5.74) is 1.18. The molecule has 0 saturated carbocycles. The molecule has 0 aliphatic rings. The Morgan fingerprint density at radius 3 is 2.50 bits per heavy atom. The molecule has 0 aromatic heterocycles. The molecular weight excluding hydrogens is 220 g/mol. The highest BCUT2D eigenvalue weighted by molar-refractivity contribution is 6.28. The van der Waals surface area contributed by atoms with Gasteiger partial charge >= 0.3 is 0 Å². The summed E-state index contributed by atoms with van der Waals surface area (Å²) in [6.07, 6.45) is 4.05. The number of methoxy groups -OCH3 is 2. The van der Waals surface area contributed by atoms with E-state index >= 15 is 0 Å². The summed E-state index contributed by atoms with van der Waals surface area (Å²) in [5.74, 6) is -0.148. The lowest BCUT2D eigenvalue weighted by Crippen LogP contribution is -2.23. The predicted molar refractivity (Wildman–Crippen MR) is 67.8 cm³/mol. The van der Waals surface area contributed by atoms with Crippen molar-refractivity contribution in [3.05, 3.63) is 42.0 Å². The van der Waals surface area contributed by atoms with Gasteiger partial charge in [0.1, 0.15) is 0 Å². The van der Waals surface area contributed by atoms with Crippen LogP contribution in [0.3, 0.4) is 0 Å². The number of ether oxygens (including phenoxy) is 2. The first-order valence-electron chi connectivity index (χ1n) is 5.21. The second-order valence-electron chi connectivity index (χ2n) is 3.25. The van der Waals surface area contributed by atoms with Gasteiger partial charge in [0, 0.05) is 14.2 Å². The van der Waals surface area contributed by atoms with Crippen molar-refractivity contribution in [1.29, 1.82) is 0 Å².